The summed E-state index contributed by atoms with van der Waals surface area (Å²) in [5.74, 6) is -0.0330. The van der Waals surface area contributed by atoms with Crippen LogP contribution in [0.5, 0.6) is 0 Å². The quantitative estimate of drug-likeness (QED) is 0.794. The molecule has 136 valence electrons. The molecule has 1 aliphatic rings. The van der Waals surface area contributed by atoms with Gasteiger partial charge in [0.1, 0.15) is 5.69 Å². The van der Waals surface area contributed by atoms with Crippen molar-refractivity contribution in [3.05, 3.63) is 38.5 Å². The van der Waals surface area contributed by atoms with Crippen LogP contribution in [0.1, 0.15) is 26.4 Å². The Morgan fingerprint density at radius 1 is 1.44 bits per heavy atom. The molecule has 1 saturated heterocycles. The first-order valence-electron chi connectivity index (χ1n) is 8.44. The van der Waals surface area contributed by atoms with Crippen molar-refractivity contribution in [1.82, 2.24) is 14.8 Å². The monoisotopic (exact) mass is 380 g/mol. The molecule has 0 radical (unpaired) electrons. The fourth-order valence-corrected chi connectivity index (χ4v) is 4.58. The van der Waals surface area contributed by atoms with E-state index in [0.29, 0.717) is 25.2 Å². The number of nitrogens with zero attached hydrogens (tertiary/aromatic N) is 3. The van der Waals surface area contributed by atoms with Gasteiger partial charge in [0.2, 0.25) is 0 Å². The number of hydrogen-bond acceptors (Lipinski definition) is 7. The topological polar surface area (TPSA) is 71.7 Å². The molecular weight excluding hydrogens is 356 g/mol. The zero-order chi connectivity index (χ0) is 17.6. The Hall–Kier alpha value is -1.32. The molecule has 1 unspecified atom stereocenters. The molecule has 0 saturated carbocycles. The summed E-state index contributed by atoms with van der Waals surface area (Å²) in [7, 11) is 1.85. The number of hydrogen-bond donors (Lipinski definition) is 1. The number of morpholine rings is 1. The third-order valence-corrected chi connectivity index (χ3v) is 6.16. The highest BCUT2D eigenvalue weighted by Gasteiger charge is 2.27. The number of thiazole rings is 1. The summed E-state index contributed by atoms with van der Waals surface area (Å²) in [6.45, 7) is 4.46. The van der Waals surface area contributed by atoms with Gasteiger partial charge in [-0.2, -0.15) is 0 Å². The van der Waals surface area contributed by atoms with Gasteiger partial charge >= 0.3 is 0 Å². The SMILES string of the molecule is CN(CC(c1cccs1)N1CCOCC1)C(=O)c1csc(CCN)n1. The second kappa shape index (κ2) is 8.86. The van der Waals surface area contributed by atoms with Gasteiger partial charge in [-0.15, -0.1) is 22.7 Å². The van der Waals surface area contributed by atoms with E-state index >= 15 is 0 Å². The molecule has 0 spiro atoms. The van der Waals surface area contributed by atoms with Crippen molar-refractivity contribution in [1.29, 1.82) is 0 Å². The van der Waals surface area contributed by atoms with E-state index in [2.05, 4.69) is 27.4 Å². The normalized spacial score (nSPS) is 16.7. The van der Waals surface area contributed by atoms with Crippen LogP contribution in [-0.4, -0.2) is 67.1 Å². The van der Waals surface area contributed by atoms with Crippen molar-refractivity contribution in [3.63, 3.8) is 0 Å². The van der Waals surface area contributed by atoms with E-state index in [1.807, 2.05) is 12.4 Å². The van der Waals surface area contributed by atoms with Gasteiger partial charge in [0.25, 0.3) is 5.91 Å². The number of thiophene rings is 1. The van der Waals surface area contributed by atoms with Gasteiger partial charge in [-0.3, -0.25) is 9.69 Å². The zero-order valence-corrected chi connectivity index (χ0v) is 16.0. The minimum atomic E-state index is -0.0330. The van der Waals surface area contributed by atoms with E-state index in [0.717, 1.165) is 31.3 Å². The molecular formula is C17H24N4O2S2. The summed E-state index contributed by atoms with van der Waals surface area (Å²) >= 11 is 3.24. The van der Waals surface area contributed by atoms with Crippen LogP contribution in [0, 0.1) is 0 Å². The van der Waals surface area contributed by atoms with Crippen LogP contribution in [-0.2, 0) is 11.2 Å². The van der Waals surface area contributed by atoms with Crippen molar-refractivity contribution in [2.45, 2.75) is 12.5 Å². The number of nitrogens with two attached hydrogens (primary N) is 1. The third kappa shape index (κ3) is 4.65. The second-order valence-corrected chi connectivity index (χ2v) is 7.95. The highest BCUT2D eigenvalue weighted by Crippen LogP contribution is 2.27. The van der Waals surface area contributed by atoms with E-state index in [9.17, 15) is 4.79 Å². The van der Waals surface area contributed by atoms with E-state index in [-0.39, 0.29) is 11.9 Å². The highest BCUT2D eigenvalue weighted by atomic mass is 32.1. The van der Waals surface area contributed by atoms with Crippen molar-refractivity contribution in [2.75, 3.05) is 46.4 Å². The molecule has 1 atom stereocenters. The molecule has 3 heterocycles. The molecule has 1 fully saturated rings. The van der Waals surface area contributed by atoms with Gasteiger partial charge in [0.15, 0.2) is 0 Å². The van der Waals surface area contributed by atoms with Crippen LogP contribution in [0.3, 0.4) is 0 Å². The lowest BCUT2D eigenvalue weighted by Gasteiger charge is -2.36. The number of likely N-dealkylation sites (N-methyl/N-ethyl adjacent to an activating group) is 1. The summed E-state index contributed by atoms with van der Waals surface area (Å²) in [6.07, 6.45) is 0.716. The Balaban J connectivity index is 1.70. The van der Waals surface area contributed by atoms with Crippen molar-refractivity contribution >= 4 is 28.6 Å². The predicted octanol–water partition coefficient (Wildman–Crippen LogP) is 1.85. The van der Waals surface area contributed by atoms with Gasteiger partial charge in [-0.1, -0.05) is 6.07 Å². The second-order valence-electron chi connectivity index (χ2n) is 6.03. The van der Waals surface area contributed by atoms with Crippen LogP contribution < -0.4 is 5.73 Å². The number of rotatable bonds is 7. The molecule has 1 aliphatic heterocycles. The Morgan fingerprint density at radius 3 is 2.92 bits per heavy atom. The molecule has 0 aliphatic carbocycles. The minimum absolute atomic E-state index is 0.0330. The molecule has 25 heavy (non-hydrogen) atoms. The summed E-state index contributed by atoms with van der Waals surface area (Å²) in [5.41, 5.74) is 6.08. The molecule has 2 aromatic rings. The maximum atomic E-state index is 12.7. The summed E-state index contributed by atoms with van der Waals surface area (Å²) in [6, 6.07) is 4.40. The maximum Gasteiger partial charge on any atom is 0.273 e. The Labute approximate surface area is 156 Å². The van der Waals surface area contributed by atoms with E-state index in [4.69, 9.17) is 10.5 Å². The first-order chi connectivity index (χ1) is 12.2. The smallest absolute Gasteiger partial charge is 0.273 e. The van der Waals surface area contributed by atoms with Crippen molar-refractivity contribution in [2.24, 2.45) is 5.73 Å². The average molecular weight is 381 g/mol. The Bertz CT molecular complexity index is 668. The van der Waals surface area contributed by atoms with Gasteiger partial charge in [-0.05, 0) is 18.0 Å². The molecule has 2 N–H and O–H groups in total. The molecule has 3 rings (SSSR count). The van der Waals surface area contributed by atoms with Crippen molar-refractivity contribution in [3.8, 4) is 0 Å². The molecule has 0 aromatic carbocycles. The minimum Gasteiger partial charge on any atom is -0.379 e. The van der Waals surface area contributed by atoms with Crippen LogP contribution in [0.25, 0.3) is 0 Å². The number of carbonyl (C=O) groups excluding carboxylic acids is 1. The number of amides is 1. The predicted molar refractivity (Wildman–Crippen MR) is 101 cm³/mol. The molecule has 8 heteroatoms. The van der Waals surface area contributed by atoms with Crippen LogP contribution in [0.15, 0.2) is 22.9 Å². The van der Waals surface area contributed by atoms with Gasteiger partial charge < -0.3 is 15.4 Å². The first kappa shape index (κ1) is 18.5. The third-order valence-electron chi connectivity index (χ3n) is 4.28. The van der Waals surface area contributed by atoms with E-state index in [1.54, 1.807) is 16.2 Å². The summed E-state index contributed by atoms with van der Waals surface area (Å²) < 4.78 is 5.48. The van der Waals surface area contributed by atoms with Gasteiger partial charge in [0, 0.05) is 43.4 Å². The van der Waals surface area contributed by atoms with Crippen LogP contribution >= 0.6 is 22.7 Å². The Morgan fingerprint density at radius 2 is 2.24 bits per heavy atom. The largest absolute Gasteiger partial charge is 0.379 e. The number of aromatic nitrogens is 1. The maximum absolute atomic E-state index is 12.7. The summed E-state index contributed by atoms with van der Waals surface area (Å²) in [4.78, 5) is 22.6. The van der Waals surface area contributed by atoms with Gasteiger partial charge in [-0.25, -0.2) is 4.98 Å². The molecule has 2 aromatic heterocycles. The lowest BCUT2D eigenvalue weighted by Crippen LogP contribution is -2.44. The molecule has 1 amide bonds. The van der Waals surface area contributed by atoms with E-state index in [1.165, 1.54) is 16.2 Å². The zero-order valence-electron chi connectivity index (χ0n) is 14.4. The lowest BCUT2D eigenvalue weighted by molar-refractivity contribution is 0.0103. The highest BCUT2D eigenvalue weighted by molar-refractivity contribution is 7.10. The average Bonchev–Trinajstić information content (AvgIpc) is 3.32. The van der Waals surface area contributed by atoms with Gasteiger partial charge in [0.05, 0.1) is 24.3 Å². The van der Waals surface area contributed by atoms with Crippen molar-refractivity contribution < 1.29 is 9.53 Å². The number of carbonyl (C=O) groups is 1. The Kier molecular flexibility index (Phi) is 6.55. The number of ether oxygens (including phenoxy) is 1. The molecule has 0 bridgehead atoms. The van der Waals surface area contributed by atoms with E-state index < -0.39 is 0 Å². The molecule has 6 nitrogen and oxygen atoms in total. The van der Waals surface area contributed by atoms with Crippen LogP contribution in [0.2, 0.25) is 0 Å². The van der Waals surface area contributed by atoms with Crippen LogP contribution in [0.4, 0.5) is 0 Å². The lowest BCUT2D eigenvalue weighted by atomic mass is 10.1. The summed E-state index contributed by atoms with van der Waals surface area (Å²) in [5, 5.41) is 4.84. The standard InChI is InChI=1S/C17H24N4O2S2/c1-20(17(22)13-12-25-16(19-13)4-5-18)11-14(15-3-2-10-24-15)21-6-8-23-9-7-21/h2-3,10,12,14H,4-9,11,18H2,1H3. The fraction of sp³-hybridized carbons (Fsp3) is 0.529. The first-order valence-corrected chi connectivity index (χ1v) is 10.2. The fourth-order valence-electron chi connectivity index (χ4n) is 2.94.